The Kier molecular flexibility index (Phi) is 6.01. The monoisotopic (exact) mass is 298 g/mol. The van der Waals surface area contributed by atoms with Gasteiger partial charge in [-0.1, -0.05) is 13.8 Å². The first-order valence-corrected chi connectivity index (χ1v) is 7.44. The maximum absolute atomic E-state index is 11.7. The van der Waals surface area contributed by atoms with Crippen molar-refractivity contribution >= 4 is 23.3 Å². The highest BCUT2D eigenvalue weighted by molar-refractivity contribution is 7.12. The summed E-state index contributed by atoms with van der Waals surface area (Å²) >= 11 is 1.63. The molecule has 0 radical (unpaired) electrons. The highest BCUT2D eigenvalue weighted by Crippen LogP contribution is 2.20. The molecule has 0 bridgehead atoms. The van der Waals surface area contributed by atoms with E-state index in [1.165, 1.54) is 10.4 Å². The van der Waals surface area contributed by atoms with E-state index in [-0.39, 0.29) is 5.92 Å². The third-order valence-electron chi connectivity index (χ3n) is 2.95. The van der Waals surface area contributed by atoms with E-state index in [0.717, 1.165) is 4.88 Å². The number of rotatable bonds is 6. The van der Waals surface area contributed by atoms with Gasteiger partial charge in [-0.15, -0.1) is 11.3 Å². The van der Waals surface area contributed by atoms with Gasteiger partial charge in [0.2, 0.25) is 0 Å². The van der Waals surface area contributed by atoms with Crippen molar-refractivity contribution in [3.63, 3.8) is 0 Å². The fraction of sp³-hybridized carbons (Fsp3) is 0.571. The maximum Gasteiger partial charge on any atom is 0.326 e. The first-order chi connectivity index (χ1) is 9.29. The zero-order valence-electron chi connectivity index (χ0n) is 12.3. The number of nitrogens with one attached hydrogen (secondary N) is 2. The van der Waals surface area contributed by atoms with Gasteiger partial charge in [0, 0.05) is 9.75 Å². The smallest absolute Gasteiger partial charge is 0.326 e. The Balaban J connectivity index is 2.47. The van der Waals surface area contributed by atoms with Crippen molar-refractivity contribution < 1.29 is 14.7 Å². The van der Waals surface area contributed by atoms with Crippen LogP contribution in [-0.2, 0) is 11.3 Å². The molecule has 1 rings (SSSR count). The van der Waals surface area contributed by atoms with Crippen LogP contribution in [0.3, 0.4) is 0 Å². The largest absolute Gasteiger partial charge is 0.480 e. The third-order valence-corrected chi connectivity index (χ3v) is 4.10. The van der Waals surface area contributed by atoms with Crippen molar-refractivity contribution in [2.45, 2.75) is 46.7 Å². The Morgan fingerprint density at radius 2 is 2.00 bits per heavy atom. The minimum Gasteiger partial charge on any atom is -0.480 e. The summed E-state index contributed by atoms with van der Waals surface area (Å²) in [6, 6.07) is 0.742. The Hall–Kier alpha value is -1.56. The number of carbonyl (C=O) groups is 2. The molecule has 0 aliphatic rings. The predicted octanol–water partition coefficient (Wildman–Crippen LogP) is 2.66. The lowest BCUT2D eigenvalue weighted by atomic mass is 10.0. The van der Waals surface area contributed by atoms with Crippen LogP contribution < -0.4 is 10.6 Å². The second-order valence-corrected chi connectivity index (χ2v) is 6.64. The highest BCUT2D eigenvalue weighted by atomic mass is 32.1. The van der Waals surface area contributed by atoms with Crippen molar-refractivity contribution in [1.29, 1.82) is 0 Å². The Morgan fingerprint density at radius 1 is 1.35 bits per heavy atom. The van der Waals surface area contributed by atoms with Crippen LogP contribution in [0.2, 0.25) is 0 Å². The molecule has 1 aromatic rings. The summed E-state index contributed by atoms with van der Waals surface area (Å²) in [4.78, 5) is 25.1. The SMILES string of the molecule is Cc1cc(CNC(=O)N[C@@H](CC(C)C)C(=O)O)sc1C. The molecule has 0 spiro atoms. The summed E-state index contributed by atoms with van der Waals surface area (Å²) in [6.07, 6.45) is 0.417. The highest BCUT2D eigenvalue weighted by Gasteiger charge is 2.20. The average molecular weight is 298 g/mol. The van der Waals surface area contributed by atoms with Crippen LogP contribution in [0.1, 0.15) is 35.6 Å². The molecule has 5 nitrogen and oxygen atoms in total. The van der Waals surface area contributed by atoms with Crippen LogP contribution in [0.15, 0.2) is 6.07 Å². The number of hydrogen-bond acceptors (Lipinski definition) is 3. The van der Waals surface area contributed by atoms with E-state index < -0.39 is 18.0 Å². The van der Waals surface area contributed by atoms with Gasteiger partial charge in [-0.3, -0.25) is 0 Å². The molecule has 2 amide bonds. The van der Waals surface area contributed by atoms with Crippen molar-refractivity contribution in [1.82, 2.24) is 10.6 Å². The quantitative estimate of drug-likeness (QED) is 0.755. The van der Waals surface area contributed by atoms with Gasteiger partial charge in [0.15, 0.2) is 0 Å². The van der Waals surface area contributed by atoms with Gasteiger partial charge < -0.3 is 15.7 Å². The molecule has 0 fully saturated rings. The minimum absolute atomic E-state index is 0.207. The molecule has 0 unspecified atom stereocenters. The van der Waals surface area contributed by atoms with Crippen LogP contribution in [-0.4, -0.2) is 23.1 Å². The number of aliphatic carboxylic acids is 1. The molecule has 0 aliphatic carbocycles. The minimum atomic E-state index is -1.00. The molecule has 6 heteroatoms. The molecule has 112 valence electrons. The number of carboxylic acid groups (broad SMARTS) is 1. The van der Waals surface area contributed by atoms with Crippen LogP contribution >= 0.6 is 11.3 Å². The molecule has 0 aromatic carbocycles. The fourth-order valence-corrected chi connectivity index (χ4v) is 2.80. The number of amides is 2. The lowest BCUT2D eigenvalue weighted by Crippen LogP contribution is -2.46. The third kappa shape index (κ3) is 5.21. The van der Waals surface area contributed by atoms with E-state index in [2.05, 4.69) is 10.6 Å². The summed E-state index contributed by atoms with van der Waals surface area (Å²) in [5.74, 6) is -0.796. The summed E-state index contributed by atoms with van der Waals surface area (Å²) in [5, 5.41) is 14.2. The van der Waals surface area contributed by atoms with E-state index in [0.29, 0.717) is 13.0 Å². The maximum atomic E-state index is 11.7. The standard InChI is InChI=1S/C14H22N2O3S/c1-8(2)5-12(13(17)18)16-14(19)15-7-11-6-9(3)10(4)20-11/h6,8,12H,5,7H2,1-4H3,(H,17,18)(H2,15,16,19)/t12-/m0/s1. The van der Waals surface area contributed by atoms with E-state index in [1.807, 2.05) is 33.8 Å². The zero-order chi connectivity index (χ0) is 15.3. The van der Waals surface area contributed by atoms with Crippen LogP contribution in [0, 0.1) is 19.8 Å². The van der Waals surface area contributed by atoms with Gasteiger partial charge in [0.05, 0.1) is 6.54 Å². The van der Waals surface area contributed by atoms with Gasteiger partial charge >= 0.3 is 12.0 Å². The second kappa shape index (κ2) is 7.28. The molecule has 3 N–H and O–H groups in total. The number of carbonyl (C=O) groups excluding carboxylic acids is 1. The van der Waals surface area contributed by atoms with Crippen molar-refractivity contribution in [2.24, 2.45) is 5.92 Å². The Bertz CT molecular complexity index is 463. The molecule has 1 aromatic heterocycles. The number of hydrogen-bond donors (Lipinski definition) is 3. The molecule has 20 heavy (non-hydrogen) atoms. The lowest BCUT2D eigenvalue weighted by molar-refractivity contribution is -0.139. The van der Waals surface area contributed by atoms with E-state index in [9.17, 15) is 9.59 Å². The summed E-state index contributed by atoms with van der Waals surface area (Å²) in [5.41, 5.74) is 1.20. The zero-order valence-corrected chi connectivity index (χ0v) is 13.1. The molecule has 1 atom stereocenters. The molecule has 0 saturated carbocycles. The lowest BCUT2D eigenvalue weighted by Gasteiger charge is -2.16. The number of carboxylic acids is 1. The number of urea groups is 1. The van der Waals surface area contributed by atoms with Crippen LogP contribution in [0.5, 0.6) is 0 Å². The van der Waals surface area contributed by atoms with E-state index in [4.69, 9.17) is 5.11 Å². The number of thiophene rings is 1. The first kappa shape index (κ1) is 16.5. The van der Waals surface area contributed by atoms with Gasteiger partial charge in [-0.25, -0.2) is 9.59 Å². The predicted molar refractivity (Wildman–Crippen MR) is 80.0 cm³/mol. The van der Waals surface area contributed by atoms with Gasteiger partial charge in [-0.05, 0) is 37.8 Å². The molecule has 0 saturated heterocycles. The van der Waals surface area contributed by atoms with Gasteiger partial charge in [0.25, 0.3) is 0 Å². The molecular weight excluding hydrogens is 276 g/mol. The first-order valence-electron chi connectivity index (χ1n) is 6.62. The van der Waals surface area contributed by atoms with E-state index in [1.54, 1.807) is 11.3 Å². The van der Waals surface area contributed by atoms with Crippen LogP contribution in [0.25, 0.3) is 0 Å². The summed E-state index contributed by atoms with van der Waals surface area (Å²) in [7, 11) is 0. The number of aryl methyl sites for hydroxylation is 2. The Labute approximate surface area is 123 Å². The van der Waals surface area contributed by atoms with Gasteiger partial charge in [0.1, 0.15) is 6.04 Å². The second-order valence-electron chi connectivity index (χ2n) is 5.30. The van der Waals surface area contributed by atoms with Crippen molar-refractivity contribution in [2.75, 3.05) is 0 Å². The Morgan fingerprint density at radius 3 is 2.45 bits per heavy atom. The van der Waals surface area contributed by atoms with Crippen molar-refractivity contribution in [3.8, 4) is 0 Å². The van der Waals surface area contributed by atoms with E-state index >= 15 is 0 Å². The summed E-state index contributed by atoms with van der Waals surface area (Å²) in [6.45, 7) is 8.32. The van der Waals surface area contributed by atoms with Crippen LogP contribution in [0.4, 0.5) is 4.79 Å². The normalized spacial score (nSPS) is 12.2. The molecular formula is C14H22N2O3S. The van der Waals surface area contributed by atoms with Gasteiger partial charge in [-0.2, -0.15) is 0 Å². The summed E-state index contributed by atoms with van der Waals surface area (Å²) < 4.78 is 0. The van der Waals surface area contributed by atoms with Crippen molar-refractivity contribution in [3.05, 3.63) is 21.4 Å². The topological polar surface area (TPSA) is 78.4 Å². The average Bonchev–Trinajstić information content (AvgIpc) is 2.65. The molecule has 1 heterocycles. The molecule has 0 aliphatic heterocycles. The fourth-order valence-electron chi connectivity index (χ4n) is 1.81.